The van der Waals surface area contributed by atoms with E-state index in [1.165, 1.54) is 0 Å². The quantitative estimate of drug-likeness (QED) is 0.942. The maximum absolute atomic E-state index is 11.7. The highest BCUT2D eigenvalue weighted by atomic mass is 35.5. The molecule has 1 aliphatic rings. The molecule has 0 amide bonds. The van der Waals surface area contributed by atoms with E-state index in [4.69, 9.17) is 11.6 Å². The number of carbonyl (C=O) groups is 1. The van der Waals surface area contributed by atoms with E-state index in [0.29, 0.717) is 17.9 Å². The van der Waals surface area contributed by atoms with E-state index >= 15 is 0 Å². The highest BCUT2D eigenvalue weighted by Crippen LogP contribution is 2.42. The van der Waals surface area contributed by atoms with Crippen LogP contribution in [0.15, 0.2) is 36.9 Å². The second-order valence-corrected chi connectivity index (χ2v) is 5.64. The summed E-state index contributed by atoms with van der Waals surface area (Å²) in [4.78, 5) is 15.7. The van der Waals surface area contributed by atoms with Gasteiger partial charge in [0.1, 0.15) is 0 Å². The van der Waals surface area contributed by atoms with Crippen LogP contribution in [0, 0.1) is 0 Å². The Kier molecular flexibility index (Phi) is 3.26. The molecule has 0 bridgehead atoms. The summed E-state index contributed by atoms with van der Waals surface area (Å²) in [7, 11) is 0. The predicted octanol–water partition coefficient (Wildman–Crippen LogP) is 3.42. The van der Waals surface area contributed by atoms with Crippen LogP contribution in [0.3, 0.4) is 0 Å². The lowest BCUT2D eigenvalue weighted by atomic mass is 9.79. The van der Waals surface area contributed by atoms with Gasteiger partial charge in [-0.05, 0) is 30.5 Å². The second kappa shape index (κ2) is 4.94. The third-order valence-corrected chi connectivity index (χ3v) is 4.45. The molecule has 0 aliphatic heterocycles. The Morgan fingerprint density at radius 3 is 2.65 bits per heavy atom. The third kappa shape index (κ3) is 2.00. The molecule has 1 aromatic carbocycles. The normalized spacial score (nSPS) is 17.2. The van der Waals surface area contributed by atoms with Crippen LogP contribution in [0.1, 0.15) is 31.2 Å². The molecule has 0 saturated heterocycles. The van der Waals surface area contributed by atoms with Gasteiger partial charge >= 0.3 is 5.97 Å². The van der Waals surface area contributed by atoms with Crippen molar-refractivity contribution in [1.29, 1.82) is 0 Å². The lowest BCUT2D eigenvalue weighted by Crippen LogP contribution is -2.32. The number of aliphatic carboxylic acids is 1. The molecule has 1 aromatic heterocycles. The smallest absolute Gasteiger partial charge is 0.314 e. The minimum atomic E-state index is -0.767. The molecule has 20 heavy (non-hydrogen) atoms. The second-order valence-electron chi connectivity index (χ2n) is 5.23. The van der Waals surface area contributed by atoms with Crippen LogP contribution < -0.4 is 0 Å². The number of benzene rings is 1. The molecule has 104 valence electrons. The van der Waals surface area contributed by atoms with E-state index in [2.05, 4.69) is 4.98 Å². The SMILES string of the molecule is O=C(O)C1(c2ccc(-n3ccnc3)c(Cl)c2)CCCC1. The number of aromatic nitrogens is 2. The van der Waals surface area contributed by atoms with Crippen LogP contribution >= 0.6 is 11.6 Å². The fourth-order valence-corrected chi connectivity index (χ4v) is 3.30. The van der Waals surface area contributed by atoms with Gasteiger partial charge in [0.05, 0.1) is 22.5 Å². The van der Waals surface area contributed by atoms with Crippen molar-refractivity contribution >= 4 is 17.6 Å². The van der Waals surface area contributed by atoms with Crippen molar-refractivity contribution in [2.24, 2.45) is 0 Å². The van der Waals surface area contributed by atoms with Crippen molar-refractivity contribution in [3.05, 3.63) is 47.5 Å². The van der Waals surface area contributed by atoms with Gasteiger partial charge in [0.2, 0.25) is 0 Å². The molecule has 3 rings (SSSR count). The Hall–Kier alpha value is -1.81. The van der Waals surface area contributed by atoms with Gasteiger partial charge in [-0.25, -0.2) is 4.98 Å². The van der Waals surface area contributed by atoms with Crippen LogP contribution in [0.2, 0.25) is 5.02 Å². The highest BCUT2D eigenvalue weighted by molar-refractivity contribution is 6.32. The first-order valence-corrected chi connectivity index (χ1v) is 7.03. The molecule has 1 aliphatic carbocycles. The minimum Gasteiger partial charge on any atom is -0.481 e. The summed E-state index contributed by atoms with van der Waals surface area (Å²) in [5.41, 5.74) is 0.847. The predicted molar refractivity (Wildman–Crippen MR) is 76.4 cm³/mol. The maximum atomic E-state index is 11.7. The zero-order valence-corrected chi connectivity index (χ0v) is 11.7. The van der Waals surface area contributed by atoms with Gasteiger partial charge < -0.3 is 9.67 Å². The number of hydrogen-bond acceptors (Lipinski definition) is 2. The van der Waals surface area contributed by atoms with Crippen molar-refractivity contribution in [2.75, 3.05) is 0 Å². The summed E-state index contributed by atoms with van der Waals surface area (Å²) in [6.45, 7) is 0. The number of halogens is 1. The molecular formula is C15H15ClN2O2. The Labute approximate surface area is 122 Å². The topological polar surface area (TPSA) is 55.1 Å². The number of carboxylic acids is 1. The largest absolute Gasteiger partial charge is 0.481 e. The number of nitrogens with zero attached hydrogens (tertiary/aromatic N) is 2. The summed E-state index contributed by atoms with van der Waals surface area (Å²) in [6.07, 6.45) is 8.43. The van der Waals surface area contributed by atoms with Crippen LogP contribution in [-0.2, 0) is 10.2 Å². The molecule has 0 radical (unpaired) electrons. The third-order valence-electron chi connectivity index (χ3n) is 4.15. The Bertz CT molecular complexity index is 631. The van der Waals surface area contributed by atoms with Crippen LogP contribution in [-0.4, -0.2) is 20.6 Å². The van der Waals surface area contributed by atoms with Crippen molar-refractivity contribution in [1.82, 2.24) is 9.55 Å². The Morgan fingerprint density at radius 1 is 1.35 bits per heavy atom. The standard InChI is InChI=1S/C15H15ClN2O2/c16-12-9-11(15(14(19)20)5-1-2-6-15)3-4-13(12)18-8-7-17-10-18/h3-4,7-10H,1-2,5-6H2,(H,19,20). The molecule has 2 aromatic rings. The lowest BCUT2D eigenvalue weighted by Gasteiger charge is -2.25. The summed E-state index contributed by atoms with van der Waals surface area (Å²) in [5.74, 6) is -0.749. The lowest BCUT2D eigenvalue weighted by molar-refractivity contribution is -0.143. The van der Waals surface area contributed by atoms with Crippen molar-refractivity contribution in [2.45, 2.75) is 31.1 Å². The van der Waals surface area contributed by atoms with Gasteiger partial charge in [0.15, 0.2) is 0 Å². The Morgan fingerprint density at radius 2 is 2.10 bits per heavy atom. The number of carboxylic acid groups (broad SMARTS) is 1. The van der Waals surface area contributed by atoms with Gasteiger partial charge in [-0.15, -0.1) is 0 Å². The van der Waals surface area contributed by atoms with E-state index in [1.807, 2.05) is 22.9 Å². The van der Waals surface area contributed by atoms with Crippen LogP contribution in [0.5, 0.6) is 0 Å². The first-order valence-electron chi connectivity index (χ1n) is 6.65. The van der Waals surface area contributed by atoms with Crippen molar-refractivity contribution in [3.63, 3.8) is 0 Å². The van der Waals surface area contributed by atoms with E-state index in [9.17, 15) is 9.90 Å². The average Bonchev–Trinajstić information content (AvgIpc) is 3.11. The minimum absolute atomic E-state index is 0.549. The van der Waals surface area contributed by atoms with E-state index < -0.39 is 11.4 Å². The summed E-state index contributed by atoms with van der Waals surface area (Å²) in [6, 6.07) is 5.53. The van der Waals surface area contributed by atoms with Crippen LogP contribution in [0.25, 0.3) is 5.69 Å². The highest BCUT2D eigenvalue weighted by Gasteiger charge is 2.43. The summed E-state index contributed by atoms with van der Waals surface area (Å²) < 4.78 is 1.81. The molecular weight excluding hydrogens is 276 g/mol. The molecule has 1 saturated carbocycles. The zero-order chi connectivity index (χ0) is 14.2. The number of rotatable bonds is 3. The fraction of sp³-hybridized carbons (Fsp3) is 0.333. The van der Waals surface area contributed by atoms with Crippen molar-refractivity contribution in [3.8, 4) is 5.69 Å². The first-order chi connectivity index (χ1) is 9.63. The molecule has 1 fully saturated rings. The molecule has 4 nitrogen and oxygen atoms in total. The maximum Gasteiger partial charge on any atom is 0.314 e. The first kappa shape index (κ1) is 13.2. The van der Waals surface area contributed by atoms with E-state index in [0.717, 1.165) is 24.1 Å². The van der Waals surface area contributed by atoms with E-state index in [-0.39, 0.29) is 0 Å². The number of imidazole rings is 1. The zero-order valence-electron chi connectivity index (χ0n) is 10.9. The molecule has 0 spiro atoms. The average molecular weight is 291 g/mol. The van der Waals surface area contributed by atoms with Gasteiger partial charge in [0, 0.05) is 12.4 Å². The summed E-state index contributed by atoms with van der Waals surface area (Å²) >= 11 is 6.32. The van der Waals surface area contributed by atoms with Crippen molar-refractivity contribution < 1.29 is 9.90 Å². The Balaban J connectivity index is 2.04. The van der Waals surface area contributed by atoms with Gasteiger partial charge in [-0.3, -0.25) is 4.79 Å². The fourth-order valence-electron chi connectivity index (χ4n) is 3.02. The molecule has 1 heterocycles. The van der Waals surface area contributed by atoms with Crippen LogP contribution in [0.4, 0.5) is 0 Å². The van der Waals surface area contributed by atoms with Gasteiger partial charge in [-0.1, -0.05) is 30.5 Å². The van der Waals surface area contributed by atoms with Gasteiger partial charge in [0.25, 0.3) is 0 Å². The summed E-state index contributed by atoms with van der Waals surface area (Å²) in [5, 5.41) is 10.2. The monoisotopic (exact) mass is 290 g/mol. The molecule has 0 unspecified atom stereocenters. The van der Waals surface area contributed by atoms with E-state index in [1.54, 1.807) is 18.6 Å². The molecule has 0 atom stereocenters. The molecule has 5 heteroatoms. The van der Waals surface area contributed by atoms with Gasteiger partial charge in [-0.2, -0.15) is 0 Å². The molecule has 1 N–H and O–H groups in total. The number of hydrogen-bond donors (Lipinski definition) is 1.